The van der Waals surface area contributed by atoms with Crippen molar-refractivity contribution in [3.05, 3.63) is 63.7 Å². The highest BCUT2D eigenvalue weighted by Crippen LogP contribution is 2.36. The second-order valence-corrected chi connectivity index (χ2v) is 7.53. The van der Waals surface area contributed by atoms with Gasteiger partial charge in [-0.25, -0.2) is 4.79 Å². The molecule has 0 bridgehead atoms. The van der Waals surface area contributed by atoms with E-state index in [4.69, 9.17) is 9.47 Å². The summed E-state index contributed by atoms with van der Waals surface area (Å²) in [6.07, 6.45) is 2.10. The van der Waals surface area contributed by atoms with E-state index in [0.29, 0.717) is 11.3 Å². The van der Waals surface area contributed by atoms with Crippen LogP contribution in [0.4, 0.5) is 14.5 Å². The van der Waals surface area contributed by atoms with Gasteiger partial charge in [0.1, 0.15) is 12.6 Å². The van der Waals surface area contributed by atoms with Crippen LogP contribution in [0.1, 0.15) is 22.3 Å². The number of halogens is 2. The van der Waals surface area contributed by atoms with Gasteiger partial charge < -0.3 is 19.5 Å². The molecule has 0 spiro atoms. The van der Waals surface area contributed by atoms with Crippen molar-refractivity contribution in [1.82, 2.24) is 5.32 Å². The molecule has 1 atom stereocenters. The summed E-state index contributed by atoms with van der Waals surface area (Å²) in [5.41, 5.74) is -0.326. The van der Waals surface area contributed by atoms with Gasteiger partial charge in [-0.2, -0.15) is 20.5 Å². The zero-order chi connectivity index (χ0) is 24.4. The molecule has 1 N–H and O–H groups in total. The highest BCUT2D eigenvalue weighted by atomic mass is 32.2. The van der Waals surface area contributed by atoms with Crippen LogP contribution in [0.2, 0.25) is 0 Å². The van der Waals surface area contributed by atoms with Crippen molar-refractivity contribution >= 4 is 29.3 Å². The smallest absolute Gasteiger partial charge is 0.387 e. The number of alkyl halides is 2. The maximum atomic E-state index is 12.7. The summed E-state index contributed by atoms with van der Waals surface area (Å²) >= 11 is 1.46. The Kier molecular flexibility index (Phi) is 9.85. The number of nitrogens with one attached hydrogen (secondary N) is 1. The van der Waals surface area contributed by atoms with Gasteiger partial charge in [-0.05, 0) is 36.6 Å². The van der Waals surface area contributed by atoms with Crippen LogP contribution in [0.25, 0.3) is 0 Å². The number of hydrogen-bond donors (Lipinski definition) is 1. The molecule has 9 nitrogen and oxygen atoms in total. The lowest BCUT2D eigenvalue weighted by molar-refractivity contribution is -0.386. The Labute approximate surface area is 192 Å². The van der Waals surface area contributed by atoms with Crippen LogP contribution in [0.3, 0.4) is 0 Å². The van der Waals surface area contributed by atoms with E-state index < -0.39 is 47.5 Å². The van der Waals surface area contributed by atoms with E-state index in [2.05, 4.69) is 10.1 Å². The maximum absolute atomic E-state index is 12.7. The molecule has 33 heavy (non-hydrogen) atoms. The number of nitrogens with zero attached hydrogens (tertiary/aromatic N) is 1. The average Bonchev–Trinajstić information content (AvgIpc) is 2.80. The summed E-state index contributed by atoms with van der Waals surface area (Å²) < 4.78 is 39.6. The minimum atomic E-state index is -3.22. The summed E-state index contributed by atoms with van der Waals surface area (Å²) in [5.74, 6) is -1.44. The molecule has 0 aliphatic rings. The fraction of sp³-hybridized carbons (Fsp3) is 0.333. The number of esters is 1. The molecule has 0 fully saturated rings. The van der Waals surface area contributed by atoms with Crippen LogP contribution in [-0.2, 0) is 16.1 Å². The van der Waals surface area contributed by atoms with Crippen molar-refractivity contribution in [2.24, 2.45) is 0 Å². The Morgan fingerprint density at radius 3 is 2.45 bits per heavy atom. The standard InChI is InChI=1S/C21H22F2N2O7S/c1-30-17-10-14(16(25(28)29)11-18(17)32-21(22)23)12-31-20(27)15(8-9-33-2)24-19(26)13-6-4-3-5-7-13/h3-7,10-11,15,21H,8-9,12H2,1-2H3,(H,24,26)/t15-/m0/s1. The second-order valence-electron chi connectivity index (χ2n) is 6.55. The van der Waals surface area contributed by atoms with Gasteiger partial charge in [-0.15, -0.1) is 0 Å². The lowest BCUT2D eigenvalue weighted by atomic mass is 10.1. The lowest BCUT2D eigenvalue weighted by Gasteiger charge is -2.18. The fourth-order valence-corrected chi connectivity index (χ4v) is 3.26. The molecule has 0 saturated carbocycles. The van der Waals surface area contributed by atoms with Crippen LogP contribution in [0.15, 0.2) is 42.5 Å². The SMILES string of the molecule is COc1cc(COC(=O)[C@H](CCSC)NC(=O)c2ccccc2)c([N+](=O)[O-])cc1OC(F)F. The third-order valence-corrected chi connectivity index (χ3v) is 5.03. The summed E-state index contributed by atoms with van der Waals surface area (Å²) in [6, 6.07) is 9.15. The van der Waals surface area contributed by atoms with E-state index >= 15 is 0 Å². The first-order chi connectivity index (χ1) is 15.8. The minimum Gasteiger partial charge on any atom is -0.493 e. The number of methoxy groups -OCH3 is 1. The number of hydrogen-bond acceptors (Lipinski definition) is 8. The maximum Gasteiger partial charge on any atom is 0.387 e. The van der Waals surface area contributed by atoms with Crippen LogP contribution in [0.5, 0.6) is 11.5 Å². The highest BCUT2D eigenvalue weighted by Gasteiger charge is 2.26. The largest absolute Gasteiger partial charge is 0.493 e. The number of carbonyl (C=O) groups excluding carboxylic acids is 2. The second kappa shape index (κ2) is 12.6. The van der Waals surface area contributed by atoms with Crippen LogP contribution < -0.4 is 14.8 Å². The Morgan fingerprint density at radius 1 is 1.18 bits per heavy atom. The molecule has 0 aliphatic carbocycles. The van der Waals surface area contributed by atoms with Crippen molar-refractivity contribution in [1.29, 1.82) is 0 Å². The van der Waals surface area contributed by atoms with Gasteiger partial charge in [-0.3, -0.25) is 14.9 Å². The van der Waals surface area contributed by atoms with Crippen molar-refractivity contribution in [3.8, 4) is 11.5 Å². The summed E-state index contributed by atoms with van der Waals surface area (Å²) in [5, 5.41) is 14.0. The first-order valence-electron chi connectivity index (χ1n) is 9.58. The van der Waals surface area contributed by atoms with Gasteiger partial charge in [0, 0.05) is 5.56 Å². The van der Waals surface area contributed by atoms with Crippen LogP contribution >= 0.6 is 11.8 Å². The highest BCUT2D eigenvalue weighted by molar-refractivity contribution is 7.98. The Morgan fingerprint density at radius 2 is 1.88 bits per heavy atom. The molecule has 2 aromatic carbocycles. The third kappa shape index (κ3) is 7.59. The van der Waals surface area contributed by atoms with E-state index in [1.807, 2.05) is 6.26 Å². The molecule has 12 heteroatoms. The number of nitro benzene ring substituents is 1. The molecule has 0 saturated heterocycles. The van der Waals surface area contributed by atoms with Crippen molar-refractivity contribution in [2.75, 3.05) is 19.1 Å². The van der Waals surface area contributed by atoms with Gasteiger partial charge in [0.15, 0.2) is 11.5 Å². The van der Waals surface area contributed by atoms with Crippen LogP contribution in [0, 0.1) is 10.1 Å². The van der Waals surface area contributed by atoms with Crippen molar-refractivity contribution in [3.63, 3.8) is 0 Å². The molecule has 0 aromatic heterocycles. The molecule has 0 aliphatic heterocycles. The number of benzene rings is 2. The summed E-state index contributed by atoms with van der Waals surface area (Å²) in [6.45, 7) is -3.76. The van der Waals surface area contributed by atoms with Gasteiger partial charge in [0.05, 0.1) is 23.7 Å². The molecule has 2 rings (SSSR count). The number of nitro groups is 1. The van der Waals surface area contributed by atoms with E-state index in [1.165, 1.54) is 18.9 Å². The minimum absolute atomic E-state index is 0.0928. The zero-order valence-corrected chi connectivity index (χ0v) is 18.6. The predicted octanol–water partition coefficient (Wildman–Crippen LogP) is 3.80. The number of amides is 1. The zero-order valence-electron chi connectivity index (χ0n) is 17.8. The molecule has 178 valence electrons. The molecular formula is C21H22F2N2O7S. The Bertz CT molecular complexity index is 977. The number of carbonyl (C=O) groups is 2. The van der Waals surface area contributed by atoms with Gasteiger partial charge in [0.25, 0.3) is 11.6 Å². The third-order valence-electron chi connectivity index (χ3n) is 4.38. The molecule has 0 unspecified atom stereocenters. The summed E-state index contributed by atoms with van der Waals surface area (Å²) in [7, 11) is 1.17. The monoisotopic (exact) mass is 484 g/mol. The quantitative estimate of drug-likeness (QED) is 0.275. The molecule has 1 amide bonds. The normalized spacial score (nSPS) is 11.5. The Hall–Kier alpha value is -3.41. The van der Waals surface area contributed by atoms with Crippen molar-refractivity contribution in [2.45, 2.75) is 25.7 Å². The van der Waals surface area contributed by atoms with E-state index in [9.17, 15) is 28.5 Å². The average molecular weight is 484 g/mol. The van der Waals surface area contributed by atoms with Gasteiger partial charge in [-0.1, -0.05) is 18.2 Å². The Balaban J connectivity index is 2.19. The first kappa shape index (κ1) is 25.8. The van der Waals surface area contributed by atoms with E-state index in [1.54, 1.807) is 30.3 Å². The van der Waals surface area contributed by atoms with E-state index in [0.717, 1.165) is 12.1 Å². The first-order valence-corrected chi connectivity index (χ1v) is 11.0. The fourth-order valence-electron chi connectivity index (χ4n) is 2.79. The number of thioether (sulfide) groups is 1. The summed E-state index contributed by atoms with van der Waals surface area (Å²) in [4.78, 5) is 35.7. The molecule has 0 radical (unpaired) electrons. The molecule has 2 aromatic rings. The topological polar surface area (TPSA) is 117 Å². The van der Waals surface area contributed by atoms with Gasteiger partial charge >= 0.3 is 12.6 Å². The number of ether oxygens (including phenoxy) is 3. The molecule has 0 heterocycles. The lowest BCUT2D eigenvalue weighted by Crippen LogP contribution is -2.42. The predicted molar refractivity (Wildman–Crippen MR) is 117 cm³/mol. The molecular weight excluding hydrogens is 462 g/mol. The van der Waals surface area contributed by atoms with Crippen molar-refractivity contribution < 1.29 is 37.5 Å². The number of rotatable bonds is 12. The van der Waals surface area contributed by atoms with Crippen LogP contribution in [-0.4, -0.2) is 48.6 Å². The van der Waals surface area contributed by atoms with E-state index in [-0.39, 0.29) is 17.7 Å². The van der Waals surface area contributed by atoms with Gasteiger partial charge in [0.2, 0.25) is 0 Å².